The summed E-state index contributed by atoms with van der Waals surface area (Å²) in [5.74, 6) is 1.26. The molecule has 138 valence electrons. The molecule has 0 atom stereocenters. The average Bonchev–Trinajstić information content (AvgIpc) is 3.12. The fourth-order valence-corrected chi connectivity index (χ4v) is 3.90. The monoisotopic (exact) mass is 346 g/mol. The molecule has 0 saturated heterocycles. The van der Waals surface area contributed by atoms with Crippen molar-refractivity contribution in [3.05, 3.63) is 23.8 Å². The SMILES string of the molecule is Cc1c(NC(=O)NC2CCC(CO)CC2)cccc1OC1CCCC1. The Kier molecular flexibility index (Phi) is 6.19. The van der Waals surface area contributed by atoms with Crippen molar-refractivity contribution in [2.45, 2.75) is 70.4 Å². The third-order valence-electron chi connectivity index (χ3n) is 5.57. The van der Waals surface area contributed by atoms with E-state index in [2.05, 4.69) is 10.6 Å². The van der Waals surface area contributed by atoms with Gasteiger partial charge in [-0.15, -0.1) is 0 Å². The highest BCUT2D eigenvalue weighted by Gasteiger charge is 2.22. The Bertz CT molecular complexity index is 576. The van der Waals surface area contributed by atoms with Crippen molar-refractivity contribution in [3.8, 4) is 5.75 Å². The molecule has 1 aromatic rings. The number of carbonyl (C=O) groups is 1. The highest BCUT2D eigenvalue weighted by Crippen LogP contribution is 2.30. The number of amides is 2. The first-order valence-corrected chi connectivity index (χ1v) is 9.60. The predicted octanol–water partition coefficient (Wildman–Crippen LogP) is 3.99. The normalized spacial score (nSPS) is 24.1. The third-order valence-corrected chi connectivity index (χ3v) is 5.57. The van der Waals surface area contributed by atoms with E-state index in [0.717, 1.165) is 55.5 Å². The summed E-state index contributed by atoms with van der Waals surface area (Å²) >= 11 is 0. The number of hydrogen-bond acceptors (Lipinski definition) is 3. The average molecular weight is 346 g/mol. The van der Waals surface area contributed by atoms with Crippen LogP contribution in [0.25, 0.3) is 0 Å². The van der Waals surface area contributed by atoms with E-state index in [4.69, 9.17) is 4.74 Å². The van der Waals surface area contributed by atoms with Crippen LogP contribution in [0.15, 0.2) is 18.2 Å². The summed E-state index contributed by atoms with van der Waals surface area (Å²) in [6, 6.07) is 5.86. The second kappa shape index (κ2) is 8.56. The van der Waals surface area contributed by atoms with E-state index in [-0.39, 0.29) is 18.7 Å². The zero-order chi connectivity index (χ0) is 17.6. The number of urea groups is 1. The number of anilines is 1. The summed E-state index contributed by atoms with van der Waals surface area (Å²) in [5, 5.41) is 15.2. The van der Waals surface area contributed by atoms with Crippen molar-refractivity contribution in [2.24, 2.45) is 5.92 Å². The van der Waals surface area contributed by atoms with E-state index in [0.29, 0.717) is 12.0 Å². The molecule has 0 aromatic heterocycles. The second-order valence-electron chi connectivity index (χ2n) is 7.45. The van der Waals surface area contributed by atoms with E-state index in [1.807, 2.05) is 25.1 Å². The zero-order valence-corrected chi connectivity index (χ0v) is 15.1. The van der Waals surface area contributed by atoms with Crippen LogP contribution in [0.2, 0.25) is 0 Å². The molecule has 2 aliphatic carbocycles. The molecule has 0 spiro atoms. The molecule has 2 fully saturated rings. The van der Waals surface area contributed by atoms with E-state index in [9.17, 15) is 9.90 Å². The van der Waals surface area contributed by atoms with Crippen molar-refractivity contribution in [3.63, 3.8) is 0 Å². The molecule has 3 rings (SSSR count). The number of aliphatic hydroxyl groups is 1. The summed E-state index contributed by atoms with van der Waals surface area (Å²) in [7, 11) is 0. The molecular formula is C20H30N2O3. The standard InChI is InChI=1S/C20H30N2O3/c1-14-18(7-4-8-19(14)25-17-5-2-3-6-17)22-20(24)21-16-11-9-15(13-23)10-12-16/h4,7-8,15-17,23H,2-3,5-6,9-13H2,1H3,(H2,21,22,24). The Labute approximate surface area is 150 Å². The number of nitrogens with one attached hydrogen (secondary N) is 2. The summed E-state index contributed by atoms with van der Waals surface area (Å²) in [4.78, 5) is 12.3. The van der Waals surface area contributed by atoms with Gasteiger partial charge in [-0.05, 0) is 76.3 Å². The molecule has 2 saturated carbocycles. The van der Waals surface area contributed by atoms with Gasteiger partial charge >= 0.3 is 6.03 Å². The summed E-state index contributed by atoms with van der Waals surface area (Å²) in [5.41, 5.74) is 1.78. The van der Waals surface area contributed by atoms with Crippen molar-refractivity contribution in [1.29, 1.82) is 0 Å². The molecule has 2 aliphatic rings. The first kappa shape index (κ1) is 18.1. The van der Waals surface area contributed by atoms with Crippen LogP contribution in [-0.2, 0) is 0 Å². The molecule has 0 aliphatic heterocycles. The third kappa shape index (κ3) is 4.88. The van der Waals surface area contributed by atoms with E-state index in [1.54, 1.807) is 0 Å². The van der Waals surface area contributed by atoms with Gasteiger partial charge in [0.15, 0.2) is 0 Å². The zero-order valence-electron chi connectivity index (χ0n) is 15.1. The molecule has 5 heteroatoms. The minimum atomic E-state index is -0.159. The number of rotatable bonds is 5. The first-order valence-electron chi connectivity index (χ1n) is 9.60. The maximum absolute atomic E-state index is 12.3. The van der Waals surface area contributed by atoms with E-state index < -0.39 is 0 Å². The number of carbonyl (C=O) groups excluding carboxylic acids is 1. The molecule has 1 aromatic carbocycles. The highest BCUT2D eigenvalue weighted by atomic mass is 16.5. The molecule has 0 radical (unpaired) electrons. The number of hydrogen-bond donors (Lipinski definition) is 3. The lowest BCUT2D eigenvalue weighted by molar-refractivity contribution is 0.176. The van der Waals surface area contributed by atoms with E-state index in [1.165, 1.54) is 12.8 Å². The largest absolute Gasteiger partial charge is 0.490 e. The maximum atomic E-state index is 12.3. The lowest BCUT2D eigenvalue weighted by Crippen LogP contribution is -2.40. The highest BCUT2D eigenvalue weighted by molar-refractivity contribution is 5.90. The number of ether oxygens (including phenoxy) is 1. The van der Waals surface area contributed by atoms with Crippen LogP contribution >= 0.6 is 0 Å². The molecule has 25 heavy (non-hydrogen) atoms. The number of benzene rings is 1. The lowest BCUT2D eigenvalue weighted by Gasteiger charge is -2.28. The van der Waals surface area contributed by atoms with Gasteiger partial charge in [0.25, 0.3) is 0 Å². The Morgan fingerprint density at radius 2 is 1.88 bits per heavy atom. The summed E-state index contributed by atoms with van der Waals surface area (Å²) in [6.45, 7) is 2.25. The van der Waals surface area contributed by atoms with Gasteiger partial charge in [0.1, 0.15) is 5.75 Å². The van der Waals surface area contributed by atoms with Gasteiger partial charge < -0.3 is 20.5 Å². The Morgan fingerprint density at radius 3 is 2.56 bits per heavy atom. The van der Waals surface area contributed by atoms with Gasteiger partial charge in [-0.3, -0.25) is 0 Å². The van der Waals surface area contributed by atoms with Crippen molar-refractivity contribution < 1.29 is 14.6 Å². The minimum Gasteiger partial charge on any atom is -0.490 e. The van der Waals surface area contributed by atoms with Gasteiger partial charge in [0.2, 0.25) is 0 Å². The van der Waals surface area contributed by atoms with Crippen LogP contribution in [0.1, 0.15) is 56.9 Å². The number of aliphatic hydroxyl groups excluding tert-OH is 1. The van der Waals surface area contributed by atoms with Gasteiger partial charge in [-0.1, -0.05) is 6.07 Å². The first-order chi connectivity index (χ1) is 12.2. The fraction of sp³-hybridized carbons (Fsp3) is 0.650. The van der Waals surface area contributed by atoms with Crippen LogP contribution < -0.4 is 15.4 Å². The fourth-order valence-electron chi connectivity index (χ4n) is 3.90. The smallest absolute Gasteiger partial charge is 0.319 e. The van der Waals surface area contributed by atoms with Crippen LogP contribution in [0, 0.1) is 12.8 Å². The van der Waals surface area contributed by atoms with Gasteiger partial charge in [-0.2, -0.15) is 0 Å². The quantitative estimate of drug-likeness (QED) is 0.755. The van der Waals surface area contributed by atoms with Crippen LogP contribution in [0.4, 0.5) is 10.5 Å². The minimum absolute atomic E-state index is 0.159. The van der Waals surface area contributed by atoms with Crippen LogP contribution in [0.3, 0.4) is 0 Å². The van der Waals surface area contributed by atoms with Gasteiger partial charge in [-0.25, -0.2) is 4.79 Å². The summed E-state index contributed by atoms with van der Waals surface area (Å²) in [6.07, 6.45) is 8.85. The Morgan fingerprint density at radius 1 is 1.16 bits per heavy atom. The topological polar surface area (TPSA) is 70.6 Å². The van der Waals surface area contributed by atoms with Crippen molar-refractivity contribution in [2.75, 3.05) is 11.9 Å². The Balaban J connectivity index is 1.54. The molecule has 0 bridgehead atoms. The molecular weight excluding hydrogens is 316 g/mol. The van der Waals surface area contributed by atoms with Crippen molar-refractivity contribution >= 4 is 11.7 Å². The van der Waals surface area contributed by atoms with Gasteiger partial charge in [0.05, 0.1) is 6.10 Å². The Hall–Kier alpha value is -1.75. The van der Waals surface area contributed by atoms with Crippen molar-refractivity contribution in [1.82, 2.24) is 5.32 Å². The lowest BCUT2D eigenvalue weighted by atomic mass is 9.87. The van der Waals surface area contributed by atoms with E-state index >= 15 is 0 Å². The van der Waals surface area contributed by atoms with Gasteiger partial charge in [0, 0.05) is 23.9 Å². The van der Waals surface area contributed by atoms with Crippen LogP contribution in [0.5, 0.6) is 5.75 Å². The molecule has 5 nitrogen and oxygen atoms in total. The maximum Gasteiger partial charge on any atom is 0.319 e. The molecule has 3 N–H and O–H groups in total. The molecule has 0 unspecified atom stereocenters. The predicted molar refractivity (Wildman–Crippen MR) is 99.0 cm³/mol. The second-order valence-corrected chi connectivity index (χ2v) is 7.45. The van der Waals surface area contributed by atoms with Crippen LogP contribution in [-0.4, -0.2) is 29.9 Å². The molecule has 2 amide bonds. The summed E-state index contributed by atoms with van der Waals surface area (Å²) < 4.78 is 6.11. The molecule has 0 heterocycles.